The van der Waals surface area contributed by atoms with Crippen LogP contribution in [0.5, 0.6) is 0 Å². The van der Waals surface area contributed by atoms with Crippen molar-refractivity contribution in [1.82, 2.24) is 9.80 Å². The van der Waals surface area contributed by atoms with Gasteiger partial charge in [-0.15, -0.1) is 0 Å². The molecule has 0 bridgehead atoms. The molecular weight excluding hydrogens is 318 g/mol. The summed E-state index contributed by atoms with van der Waals surface area (Å²) in [5, 5.41) is 9.32. The van der Waals surface area contributed by atoms with E-state index in [2.05, 4.69) is 60.3 Å². The Morgan fingerprint density at radius 3 is 2.27 bits per heavy atom. The minimum Gasteiger partial charge on any atom is -0.303 e. The third-order valence-electron chi connectivity index (χ3n) is 7.82. The highest BCUT2D eigenvalue weighted by molar-refractivity contribution is 5.26. The van der Waals surface area contributed by atoms with Crippen molar-refractivity contribution in [3.8, 4) is 6.07 Å². The van der Waals surface area contributed by atoms with Gasteiger partial charge in [0.25, 0.3) is 0 Å². The van der Waals surface area contributed by atoms with E-state index < -0.39 is 0 Å². The van der Waals surface area contributed by atoms with Crippen molar-refractivity contribution < 1.29 is 0 Å². The summed E-state index contributed by atoms with van der Waals surface area (Å²) in [6, 6.07) is 13.7. The fraction of sp³-hybridized carbons (Fsp3) is 0.696. The van der Waals surface area contributed by atoms with E-state index in [-0.39, 0.29) is 11.0 Å². The molecule has 1 spiro atoms. The van der Waals surface area contributed by atoms with Gasteiger partial charge in [-0.1, -0.05) is 30.3 Å². The van der Waals surface area contributed by atoms with Crippen LogP contribution in [0.1, 0.15) is 56.9 Å². The molecule has 0 atom stereocenters. The summed E-state index contributed by atoms with van der Waals surface area (Å²) in [6.07, 6.45) is 9.89. The number of likely N-dealkylation sites (tertiary alicyclic amines) is 1. The van der Waals surface area contributed by atoms with Crippen molar-refractivity contribution >= 4 is 0 Å². The molecular formula is C23H33N3. The van der Waals surface area contributed by atoms with Crippen LogP contribution in [-0.2, 0) is 5.54 Å². The summed E-state index contributed by atoms with van der Waals surface area (Å²) in [7, 11) is 4.51. The molecule has 3 nitrogen and oxygen atoms in total. The lowest BCUT2D eigenvalue weighted by atomic mass is 9.64. The molecule has 3 aliphatic rings. The highest BCUT2D eigenvalue weighted by Gasteiger charge is 2.48. The number of benzene rings is 1. The minimum atomic E-state index is 0.0513. The number of hydrogen-bond donors (Lipinski definition) is 0. The van der Waals surface area contributed by atoms with Crippen molar-refractivity contribution in [1.29, 1.82) is 5.26 Å². The highest BCUT2D eigenvalue weighted by atomic mass is 15.2. The fourth-order valence-corrected chi connectivity index (χ4v) is 5.50. The summed E-state index contributed by atoms with van der Waals surface area (Å²) >= 11 is 0. The maximum absolute atomic E-state index is 9.32. The summed E-state index contributed by atoms with van der Waals surface area (Å²) < 4.78 is 0. The molecule has 2 saturated carbocycles. The van der Waals surface area contributed by atoms with Crippen molar-refractivity contribution in [2.24, 2.45) is 10.8 Å². The first-order chi connectivity index (χ1) is 12.5. The second-order valence-corrected chi connectivity index (χ2v) is 9.46. The Hall–Kier alpha value is -1.37. The normalized spacial score (nSPS) is 33.5. The van der Waals surface area contributed by atoms with Crippen LogP contribution >= 0.6 is 0 Å². The van der Waals surface area contributed by atoms with Crippen LogP contribution in [0.15, 0.2) is 30.3 Å². The summed E-state index contributed by atoms with van der Waals surface area (Å²) in [6.45, 7) is 3.63. The zero-order valence-electron chi connectivity index (χ0n) is 16.5. The Balaban J connectivity index is 1.39. The summed E-state index contributed by atoms with van der Waals surface area (Å²) in [5.41, 5.74) is 2.27. The van der Waals surface area contributed by atoms with E-state index in [4.69, 9.17) is 0 Å². The molecule has 140 valence electrons. The van der Waals surface area contributed by atoms with Gasteiger partial charge in [-0.3, -0.25) is 4.90 Å². The lowest BCUT2D eigenvalue weighted by Gasteiger charge is -2.49. The van der Waals surface area contributed by atoms with E-state index in [0.717, 1.165) is 25.8 Å². The van der Waals surface area contributed by atoms with Gasteiger partial charge in [-0.25, -0.2) is 0 Å². The molecule has 0 unspecified atom stereocenters. The van der Waals surface area contributed by atoms with E-state index in [1.807, 2.05) is 0 Å². The second-order valence-electron chi connectivity index (χ2n) is 9.46. The number of nitrogens with zero attached hydrogens (tertiary/aromatic N) is 3. The van der Waals surface area contributed by atoms with E-state index in [1.165, 1.54) is 50.8 Å². The molecule has 1 aromatic rings. The van der Waals surface area contributed by atoms with Crippen LogP contribution in [0, 0.1) is 22.2 Å². The SMILES string of the molecule is CN(C)C1(c2ccccc2)CCC2(CCN(CCC3(C#N)CC3)C2)CC1. The van der Waals surface area contributed by atoms with Crippen LogP contribution in [0.3, 0.4) is 0 Å². The average Bonchev–Trinajstić information content (AvgIpc) is 3.36. The first-order valence-corrected chi connectivity index (χ1v) is 10.4. The second kappa shape index (κ2) is 6.66. The third kappa shape index (κ3) is 3.19. The van der Waals surface area contributed by atoms with Crippen molar-refractivity contribution in [2.75, 3.05) is 33.7 Å². The quantitative estimate of drug-likeness (QED) is 0.787. The Morgan fingerprint density at radius 1 is 1.00 bits per heavy atom. The zero-order valence-corrected chi connectivity index (χ0v) is 16.5. The molecule has 3 fully saturated rings. The number of nitriles is 1. The van der Waals surface area contributed by atoms with Gasteiger partial charge in [0, 0.05) is 12.1 Å². The van der Waals surface area contributed by atoms with E-state index >= 15 is 0 Å². The molecule has 0 amide bonds. The van der Waals surface area contributed by atoms with Gasteiger partial charge in [0.05, 0.1) is 11.5 Å². The lowest BCUT2D eigenvalue weighted by molar-refractivity contribution is 0.0380. The van der Waals surface area contributed by atoms with Crippen LogP contribution < -0.4 is 0 Å². The summed E-state index contributed by atoms with van der Waals surface area (Å²) in [4.78, 5) is 5.12. The molecule has 0 aromatic heterocycles. The highest BCUT2D eigenvalue weighted by Crippen LogP contribution is 2.52. The van der Waals surface area contributed by atoms with E-state index in [0.29, 0.717) is 5.41 Å². The molecule has 1 aromatic carbocycles. The third-order valence-corrected chi connectivity index (χ3v) is 7.82. The predicted molar refractivity (Wildman–Crippen MR) is 106 cm³/mol. The van der Waals surface area contributed by atoms with Gasteiger partial charge < -0.3 is 4.90 Å². The van der Waals surface area contributed by atoms with Crippen LogP contribution in [0.4, 0.5) is 0 Å². The van der Waals surface area contributed by atoms with Crippen molar-refractivity contribution in [2.45, 2.75) is 56.9 Å². The topological polar surface area (TPSA) is 30.3 Å². The number of hydrogen-bond acceptors (Lipinski definition) is 3. The van der Waals surface area contributed by atoms with Gasteiger partial charge in [-0.2, -0.15) is 5.26 Å². The Morgan fingerprint density at radius 2 is 1.69 bits per heavy atom. The minimum absolute atomic E-state index is 0.0513. The standard InChI is InChI=1S/C23H33N3/c1-25(2)23(20-6-4-3-5-7-20)12-10-22(11-13-23)15-17-26(19-22)16-14-21(18-24)8-9-21/h3-7H,8-17,19H2,1-2H3. The predicted octanol–water partition coefficient (Wildman–Crippen LogP) is 4.40. The monoisotopic (exact) mass is 351 g/mol. The molecule has 1 heterocycles. The Labute approximate surface area is 159 Å². The van der Waals surface area contributed by atoms with E-state index in [1.54, 1.807) is 0 Å². The van der Waals surface area contributed by atoms with Gasteiger partial charge >= 0.3 is 0 Å². The van der Waals surface area contributed by atoms with Gasteiger partial charge in [-0.05, 0) is 89.5 Å². The Bertz CT molecular complexity index is 660. The molecule has 1 aliphatic heterocycles. The van der Waals surface area contributed by atoms with Crippen LogP contribution in [0.25, 0.3) is 0 Å². The van der Waals surface area contributed by atoms with E-state index in [9.17, 15) is 5.26 Å². The first kappa shape index (κ1) is 18.0. The van der Waals surface area contributed by atoms with Crippen molar-refractivity contribution in [3.05, 3.63) is 35.9 Å². The average molecular weight is 352 g/mol. The smallest absolute Gasteiger partial charge is 0.0690 e. The van der Waals surface area contributed by atoms with Gasteiger partial charge in [0.2, 0.25) is 0 Å². The zero-order chi connectivity index (χ0) is 18.3. The van der Waals surface area contributed by atoms with Crippen LogP contribution in [0.2, 0.25) is 0 Å². The fourth-order valence-electron chi connectivity index (χ4n) is 5.50. The van der Waals surface area contributed by atoms with Gasteiger partial charge in [0.15, 0.2) is 0 Å². The molecule has 0 radical (unpaired) electrons. The van der Waals surface area contributed by atoms with Crippen molar-refractivity contribution in [3.63, 3.8) is 0 Å². The lowest BCUT2D eigenvalue weighted by Crippen LogP contribution is -2.47. The van der Waals surface area contributed by atoms with Crippen LogP contribution in [-0.4, -0.2) is 43.5 Å². The Kier molecular flexibility index (Phi) is 4.61. The summed E-state index contributed by atoms with van der Waals surface area (Å²) in [5.74, 6) is 0. The first-order valence-electron chi connectivity index (χ1n) is 10.4. The molecule has 26 heavy (non-hydrogen) atoms. The molecule has 0 N–H and O–H groups in total. The molecule has 2 aliphatic carbocycles. The molecule has 4 rings (SSSR count). The van der Waals surface area contributed by atoms with Gasteiger partial charge in [0.1, 0.15) is 0 Å². The molecule has 3 heteroatoms. The molecule has 1 saturated heterocycles. The maximum Gasteiger partial charge on any atom is 0.0690 e. The largest absolute Gasteiger partial charge is 0.303 e. The maximum atomic E-state index is 9.32. The number of rotatable bonds is 5.